The molecule has 3 atom stereocenters. The fourth-order valence-electron chi connectivity index (χ4n) is 3.22. The largest absolute Gasteiger partial charge is 0.481 e. The number of fused-ring (bicyclic) bond motifs is 1. The Bertz CT molecular complexity index is 635. The molecule has 0 saturated heterocycles. The van der Waals surface area contributed by atoms with Gasteiger partial charge in [-0.25, -0.2) is 9.97 Å². The van der Waals surface area contributed by atoms with Crippen LogP contribution in [-0.4, -0.2) is 25.6 Å². The Morgan fingerprint density at radius 3 is 2.95 bits per heavy atom. The molecule has 0 amide bonds. The van der Waals surface area contributed by atoms with Gasteiger partial charge in [0.05, 0.1) is 5.92 Å². The van der Waals surface area contributed by atoms with Crippen molar-refractivity contribution in [3.8, 4) is 0 Å². The molecule has 100 valence electrons. The van der Waals surface area contributed by atoms with Crippen molar-refractivity contribution in [1.29, 1.82) is 0 Å². The van der Waals surface area contributed by atoms with Gasteiger partial charge in [-0.3, -0.25) is 4.79 Å². The van der Waals surface area contributed by atoms with Crippen molar-refractivity contribution in [2.45, 2.75) is 25.7 Å². The van der Waals surface area contributed by atoms with E-state index in [1.54, 1.807) is 6.20 Å². The van der Waals surface area contributed by atoms with E-state index < -0.39 is 5.97 Å². The summed E-state index contributed by atoms with van der Waals surface area (Å²) in [6, 6.07) is 3.77. The Labute approximate surface area is 111 Å². The van der Waals surface area contributed by atoms with Crippen LogP contribution in [0.4, 0.5) is 0 Å². The van der Waals surface area contributed by atoms with E-state index >= 15 is 0 Å². The Morgan fingerprint density at radius 2 is 2.26 bits per heavy atom. The zero-order valence-corrected chi connectivity index (χ0v) is 11.1. The maximum atomic E-state index is 11.4. The summed E-state index contributed by atoms with van der Waals surface area (Å²) in [7, 11) is 1.92. The number of hydrogen-bond donors (Lipinski definition) is 1. The smallest absolute Gasteiger partial charge is 0.307 e. The fourth-order valence-corrected chi connectivity index (χ4v) is 3.22. The molecule has 1 N–H and O–H groups in total. The van der Waals surface area contributed by atoms with Gasteiger partial charge in [0.1, 0.15) is 11.3 Å². The zero-order chi connectivity index (χ0) is 13.6. The van der Waals surface area contributed by atoms with Crippen molar-refractivity contribution in [3.63, 3.8) is 0 Å². The average molecular weight is 259 g/mol. The lowest BCUT2D eigenvalue weighted by atomic mass is 9.95. The standard InChI is InChI=1S/C14H17N3O2/c1-8-6-9(10(7-8)14(18)19)12-16-11-4-3-5-15-13(11)17(12)2/h3-5,8-10H,6-7H2,1-2H3,(H,18,19). The van der Waals surface area contributed by atoms with Gasteiger partial charge in [0.2, 0.25) is 0 Å². The summed E-state index contributed by atoms with van der Waals surface area (Å²) in [4.78, 5) is 20.3. The normalized spacial score (nSPS) is 26.9. The third kappa shape index (κ3) is 1.89. The van der Waals surface area contributed by atoms with Gasteiger partial charge in [0.15, 0.2) is 5.65 Å². The SMILES string of the molecule is CC1CC(C(=O)O)C(c2nc3cccnc3n2C)C1. The highest BCUT2D eigenvalue weighted by Gasteiger charge is 2.40. The van der Waals surface area contributed by atoms with Crippen molar-refractivity contribution < 1.29 is 9.90 Å². The number of aromatic nitrogens is 3. The molecule has 1 aliphatic carbocycles. The molecule has 0 spiro atoms. The highest BCUT2D eigenvalue weighted by molar-refractivity contribution is 5.74. The van der Waals surface area contributed by atoms with Crippen LogP contribution in [0.3, 0.4) is 0 Å². The van der Waals surface area contributed by atoms with Gasteiger partial charge < -0.3 is 9.67 Å². The molecule has 2 aromatic heterocycles. The van der Waals surface area contributed by atoms with Crippen LogP contribution in [0.5, 0.6) is 0 Å². The lowest BCUT2D eigenvalue weighted by Gasteiger charge is -2.15. The zero-order valence-electron chi connectivity index (χ0n) is 11.1. The number of carboxylic acid groups (broad SMARTS) is 1. The summed E-state index contributed by atoms with van der Waals surface area (Å²) in [6.45, 7) is 2.11. The number of aryl methyl sites for hydroxylation is 1. The van der Waals surface area contributed by atoms with Gasteiger partial charge in [0, 0.05) is 19.2 Å². The summed E-state index contributed by atoms with van der Waals surface area (Å²) in [5.41, 5.74) is 1.66. The summed E-state index contributed by atoms with van der Waals surface area (Å²) < 4.78 is 1.94. The minimum Gasteiger partial charge on any atom is -0.481 e. The molecule has 0 aromatic carbocycles. The van der Waals surface area contributed by atoms with Gasteiger partial charge >= 0.3 is 5.97 Å². The first-order chi connectivity index (χ1) is 9.08. The van der Waals surface area contributed by atoms with Crippen LogP contribution in [-0.2, 0) is 11.8 Å². The first-order valence-electron chi connectivity index (χ1n) is 6.58. The Balaban J connectivity index is 2.08. The fraction of sp³-hybridized carbons (Fsp3) is 0.500. The third-order valence-corrected chi connectivity index (χ3v) is 4.11. The van der Waals surface area contributed by atoms with E-state index in [1.165, 1.54) is 0 Å². The molecule has 1 fully saturated rings. The predicted molar refractivity (Wildman–Crippen MR) is 70.8 cm³/mol. The quantitative estimate of drug-likeness (QED) is 0.897. The van der Waals surface area contributed by atoms with E-state index in [4.69, 9.17) is 0 Å². The summed E-state index contributed by atoms with van der Waals surface area (Å²) in [5, 5.41) is 9.38. The highest BCUT2D eigenvalue weighted by Crippen LogP contribution is 2.43. The van der Waals surface area contributed by atoms with E-state index in [0.29, 0.717) is 5.92 Å². The lowest BCUT2D eigenvalue weighted by molar-refractivity contribution is -0.142. The van der Waals surface area contributed by atoms with Gasteiger partial charge in [-0.05, 0) is 30.9 Å². The maximum Gasteiger partial charge on any atom is 0.307 e. The monoisotopic (exact) mass is 259 g/mol. The van der Waals surface area contributed by atoms with Crippen molar-refractivity contribution in [1.82, 2.24) is 14.5 Å². The van der Waals surface area contributed by atoms with E-state index in [2.05, 4.69) is 16.9 Å². The van der Waals surface area contributed by atoms with Gasteiger partial charge in [-0.2, -0.15) is 0 Å². The summed E-state index contributed by atoms with van der Waals surface area (Å²) in [5.74, 6) is 0.232. The number of carboxylic acids is 1. The number of pyridine rings is 1. The molecule has 0 aliphatic heterocycles. The van der Waals surface area contributed by atoms with Crippen molar-refractivity contribution in [2.75, 3.05) is 0 Å². The number of rotatable bonds is 2. The molecule has 19 heavy (non-hydrogen) atoms. The Hall–Kier alpha value is -1.91. The average Bonchev–Trinajstić information content (AvgIpc) is 2.91. The highest BCUT2D eigenvalue weighted by atomic mass is 16.4. The van der Waals surface area contributed by atoms with Gasteiger partial charge in [-0.1, -0.05) is 6.92 Å². The van der Waals surface area contributed by atoms with Crippen LogP contribution in [0.15, 0.2) is 18.3 Å². The molecule has 2 aromatic rings. The van der Waals surface area contributed by atoms with Gasteiger partial charge in [-0.15, -0.1) is 0 Å². The number of aliphatic carboxylic acids is 1. The molecule has 0 bridgehead atoms. The minimum absolute atomic E-state index is 0.00769. The van der Waals surface area contributed by atoms with E-state index in [9.17, 15) is 9.90 Å². The number of hydrogen-bond acceptors (Lipinski definition) is 3. The molecule has 2 heterocycles. The first kappa shape index (κ1) is 12.1. The van der Waals surface area contributed by atoms with Crippen LogP contribution in [0.25, 0.3) is 11.2 Å². The third-order valence-electron chi connectivity index (χ3n) is 4.11. The van der Waals surface area contributed by atoms with Crippen molar-refractivity contribution in [2.24, 2.45) is 18.9 Å². The molecule has 0 radical (unpaired) electrons. The van der Waals surface area contributed by atoms with Gasteiger partial charge in [0.25, 0.3) is 0 Å². The summed E-state index contributed by atoms with van der Waals surface area (Å²) >= 11 is 0. The second kappa shape index (κ2) is 4.33. The van der Waals surface area contributed by atoms with E-state index in [0.717, 1.165) is 29.8 Å². The molecule has 5 heteroatoms. The molecular formula is C14H17N3O2. The number of nitrogens with zero attached hydrogens (tertiary/aromatic N) is 3. The van der Waals surface area contributed by atoms with Crippen LogP contribution >= 0.6 is 0 Å². The molecule has 3 rings (SSSR count). The lowest BCUT2D eigenvalue weighted by Crippen LogP contribution is -2.19. The summed E-state index contributed by atoms with van der Waals surface area (Å²) in [6.07, 6.45) is 3.35. The molecule has 5 nitrogen and oxygen atoms in total. The maximum absolute atomic E-state index is 11.4. The molecular weight excluding hydrogens is 242 g/mol. The minimum atomic E-state index is -0.714. The number of imidazole rings is 1. The van der Waals surface area contributed by atoms with Crippen molar-refractivity contribution in [3.05, 3.63) is 24.2 Å². The van der Waals surface area contributed by atoms with Crippen LogP contribution in [0.1, 0.15) is 31.5 Å². The van der Waals surface area contributed by atoms with Crippen molar-refractivity contribution >= 4 is 17.1 Å². The van der Waals surface area contributed by atoms with Crippen LogP contribution < -0.4 is 0 Å². The van der Waals surface area contributed by atoms with Crippen LogP contribution in [0, 0.1) is 11.8 Å². The Morgan fingerprint density at radius 1 is 1.47 bits per heavy atom. The second-order valence-corrected chi connectivity index (χ2v) is 5.50. The molecule has 1 aliphatic rings. The topological polar surface area (TPSA) is 68.0 Å². The molecule has 3 unspecified atom stereocenters. The van der Waals surface area contributed by atoms with E-state index in [1.807, 2.05) is 23.7 Å². The molecule has 1 saturated carbocycles. The van der Waals surface area contributed by atoms with E-state index in [-0.39, 0.29) is 11.8 Å². The number of carbonyl (C=O) groups is 1. The Kier molecular flexibility index (Phi) is 2.77. The first-order valence-corrected chi connectivity index (χ1v) is 6.58. The second-order valence-electron chi connectivity index (χ2n) is 5.50. The predicted octanol–water partition coefficient (Wildman–Crippen LogP) is 2.18. The van der Waals surface area contributed by atoms with Crippen LogP contribution in [0.2, 0.25) is 0 Å².